The normalized spacial score (nSPS) is 9.70. The molecule has 0 unspecified atom stereocenters. The summed E-state index contributed by atoms with van der Waals surface area (Å²) in [5.74, 6) is 0.692. The van der Waals surface area contributed by atoms with E-state index in [9.17, 15) is 4.39 Å². The van der Waals surface area contributed by atoms with Gasteiger partial charge < -0.3 is 14.8 Å². The van der Waals surface area contributed by atoms with Gasteiger partial charge in [-0.1, -0.05) is 0 Å². The van der Waals surface area contributed by atoms with Gasteiger partial charge in [0.2, 0.25) is 0 Å². The lowest BCUT2D eigenvalue weighted by Gasteiger charge is -2.12. The number of ether oxygens (including phenoxy) is 2. The Morgan fingerprint density at radius 2 is 1.90 bits per heavy atom. The number of nitrogens with zero attached hydrogens (tertiary/aromatic N) is 1. The Morgan fingerprint density at radius 1 is 1.10 bits per heavy atom. The van der Waals surface area contributed by atoms with Crippen LogP contribution in [0.2, 0.25) is 0 Å². The van der Waals surface area contributed by atoms with Gasteiger partial charge in [-0.3, -0.25) is 0 Å². The van der Waals surface area contributed by atoms with Gasteiger partial charge in [-0.2, -0.15) is 5.26 Å². The molecule has 102 valence electrons. The average Bonchev–Trinajstić information content (AvgIpc) is 2.47. The van der Waals surface area contributed by atoms with Crippen LogP contribution in [0.1, 0.15) is 5.56 Å². The van der Waals surface area contributed by atoms with Crippen molar-refractivity contribution in [2.24, 2.45) is 0 Å². The van der Waals surface area contributed by atoms with Crippen LogP contribution in [0.15, 0.2) is 36.4 Å². The second-order valence-corrected chi connectivity index (χ2v) is 4.00. The van der Waals surface area contributed by atoms with E-state index in [2.05, 4.69) is 5.32 Å². The molecule has 2 rings (SSSR count). The third kappa shape index (κ3) is 2.81. The van der Waals surface area contributed by atoms with Crippen LogP contribution in [-0.2, 0) is 0 Å². The van der Waals surface area contributed by atoms with Crippen molar-refractivity contribution < 1.29 is 13.9 Å². The monoisotopic (exact) mass is 272 g/mol. The molecule has 20 heavy (non-hydrogen) atoms. The van der Waals surface area contributed by atoms with Crippen molar-refractivity contribution in [3.8, 4) is 17.6 Å². The Hall–Kier alpha value is -2.74. The summed E-state index contributed by atoms with van der Waals surface area (Å²) in [6.45, 7) is 0. The van der Waals surface area contributed by atoms with E-state index >= 15 is 0 Å². The minimum atomic E-state index is -0.570. The zero-order chi connectivity index (χ0) is 14.5. The SMILES string of the molecule is COc1ccc(OC)c(Nc2ccc(C#N)c(F)c2)c1. The summed E-state index contributed by atoms with van der Waals surface area (Å²) in [7, 11) is 3.11. The van der Waals surface area contributed by atoms with E-state index in [1.807, 2.05) is 0 Å². The molecule has 0 fully saturated rings. The second-order valence-electron chi connectivity index (χ2n) is 4.00. The number of methoxy groups -OCH3 is 2. The van der Waals surface area contributed by atoms with Crippen molar-refractivity contribution in [3.63, 3.8) is 0 Å². The molecule has 2 aromatic rings. The van der Waals surface area contributed by atoms with Gasteiger partial charge in [0, 0.05) is 11.8 Å². The number of nitriles is 1. The van der Waals surface area contributed by atoms with Gasteiger partial charge in [0.05, 0.1) is 25.5 Å². The lowest BCUT2D eigenvalue weighted by molar-refractivity contribution is 0.405. The van der Waals surface area contributed by atoms with Gasteiger partial charge in [0.1, 0.15) is 23.4 Å². The molecule has 0 radical (unpaired) electrons. The van der Waals surface area contributed by atoms with E-state index in [0.29, 0.717) is 22.9 Å². The minimum absolute atomic E-state index is 0.00755. The summed E-state index contributed by atoms with van der Waals surface area (Å²) in [6, 6.07) is 11.4. The average molecular weight is 272 g/mol. The molecular weight excluding hydrogens is 259 g/mol. The van der Waals surface area contributed by atoms with Gasteiger partial charge in [0.15, 0.2) is 0 Å². The zero-order valence-electron chi connectivity index (χ0n) is 11.1. The number of halogens is 1. The summed E-state index contributed by atoms with van der Waals surface area (Å²) in [4.78, 5) is 0. The first-order valence-corrected chi connectivity index (χ1v) is 5.86. The second kappa shape index (κ2) is 5.93. The molecule has 0 bridgehead atoms. The number of hydrogen-bond donors (Lipinski definition) is 1. The fraction of sp³-hybridized carbons (Fsp3) is 0.133. The van der Waals surface area contributed by atoms with Crippen LogP contribution in [0.25, 0.3) is 0 Å². The van der Waals surface area contributed by atoms with E-state index in [-0.39, 0.29) is 5.56 Å². The van der Waals surface area contributed by atoms with Crippen LogP contribution in [0, 0.1) is 17.1 Å². The minimum Gasteiger partial charge on any atom is -0.497 e. The highest BCUT2D eigenvalue weighted by Crippen LogP contribution is 2.31. The van der Waals surface area contributed by atoms with Crippen molar-refractivity contribution in [3.05, 3.63) is 47.8 Å². The van der Waals surface area contributed by atoms with Gasteiger partial charge in [-0.15, -0.1) is 0 Å². The maximum Gasteiger partial charge on any atom is 0.143 e. The summed E-state index contributed by atoms with van der Waals surface area (Å²) in [6.07, 6.45) is 0. The summed E-state index contributed by atoms with van der Waals surface area (Å²) < 4.78 is 23.9. The number of hydrogen-bond acceptors (Lipinski definition) is 4. The standard InChI is InChI=1S/C15H13FN2O2/c1-19-12-5-6-15(20-2)14(8-12)18-11-4-3-10(9-17)13(16)7-11/h3-8,18H,1-2H3. The van der Waals surface area contributed by atoms with Crippen LogP contribution in [0.4, 0.5) is 15.8 Å². The maximum atomic E-state index is 13.6. The smallest absolute Gasteiger partial charge is 0.143 e. The van der Waals surface area contributed by atoms with Crippen molar-refractivity contribution in [1.82, 2.24) is 0 Å². The number of nitrogens with one attached hydrogen (secondary N) is 1. The van der Waals surface area contributed by atoms with Crippen molar-refractivity contribution in [1.29, 1.82) is 5.26 Å². The number of anilines is 2. The molecule has 0 spiro atoms. The van der Waals surface area contributed by atoms with Gasteiger partial charge >= 0.3 is 0 Å². The Morgan fingerprint density at radius 3 is 2.50 bits per heavy atom. The van der Waals surface area contributed by atoms with E-state index in [1.54, 1.807) is 44.6 Å². The molecule has 0 heterocycles. The summed E-state index contributed by atoms with van der Waals surface area (Å²) in [5, 5.41) is 11.7. The molecular formula is C15H13FN2O2. The van der Waals surface area contributed by atoms with Crippen molar-refractivity contribution >= 4 is 11.4 Å². The Kier molecular flexibility index (Phi) is 4.06. The first kappa shape index (κ1) is 13.7. The highest BCUT2D eigenvalue weighted by Gasteiger charge is 2.07. The summed E-state index contributed by atoms with van der Waals surface area (Å²) in [5.41, 5.74) is 1.18. The van der Waals surface area contributed by atoms with Gasteiger partial charge in [-0.25, -0.2) is 4.39 Å². The molecule has 2 aromatic carbocycles. The molecule has 4 nitrogen and oxygen atoms in total. The fourth-order valence-electron chi connectivity index (χ4n) is 1.75. The Labute approximate surface area is 116 Å². The lowest BCUT2D eigenvalue weighted by atomic mass is 10.2. The topological polar surface area (TPSA) is 54.3 Å². The molecule has 0 aliphatic heterocycles. The zero-order valence-corrected chi connectivity index (χ0v) is 11.1. The first-order chi connectivity index (χ1) is 9.67. The molecule has 5 heteroatoms. The molecule has 0 aromatic heterocycles. The molecule has 1 N–H and O–H groups in total. The number of rotatable bonds is 4. The maximum absolute atomic E-state index is 13.6. The predicted octanol–water partition coefficient (Wildman–Crippen LogP) is 3.46. The lowest BCUT2D eigenvalue weighted by Crippen LogP contribution is -1.97. The largest absolute Gasteiger partial charge is 0.497 e. The van der Waals surface area contributed by atoms with Gasteiger partial charge in [0.25, 0.3) is 0 Å². The van der Waals surface area contributed by atoms with E-state index < -0.39 is 5.82 Å². The summed E-state index contributed by atoms with van der Waals surface area (Å²) >= 11 is 0. The third-order valence-corrected chi connectivity index (χ3v) is 2.78. The van der Waals surface area contributed by atoms with Crippen LogP contribution in [0.5, 0.6) is 11.5 Å². The molecule has 0 amide bonds. The van der Waals surface area contributed by atoms with E-state index in [1.165, 1.54) is 12.1 Å². The van der Waals surface area contributed by atoms with Crippen molar-refractivity contribution in [2.75, 3.05) is 19.5 Å². The Balaban J connectivity index is 2.34. The molecule has 0 saturated heterocycles. The van der Waals surface area contributed by atoms with Crippen molar-refractivity contribution in [2.45, 2.75) is 0 Å². The van der Waals surface area contributed by atoms with Gasteiger partial charge in [-0.05, 0) is 30.3 Å². The molecule has 0 aliphatic carbocycles. The number of benzene rings is 2. The highest BCUT2D eigenvalue weighted by atomic mass is 19.1. The highest BCUT2D eigenvalue weighted by molar-refractivity contribution is 5.68. The first-order valence-electron chi connectivity index (χ1n) is 5.86. The van der Waals surface area contributed by atoms with E-state index in [0.717, 1.165) is 0 Å². The fourth-order valence-corrected chi connectivity index (χ4v) is 1.75. The molecule has 0 atom stereocenters. The quantitative estimate of drug-likeness (QED) is 0.926. The predicted molar refractivity (Wildman–Crippen MR) is 73.9 cm³/mol. The Bertz CT molecular complexity index is 665. The van der Waals surface area contributed by atoms with E-state index in [4.69, 9.17) is 14.7 Å². The van der Waals surface area contributed by atoms with Crippen LogP contribution >= 0.6 is 0 Å². The van der Waals surface area contributed by atoms with Crippen LogP contribution < -0.4 is 14.8 Å². The van der Waals surface area contributed by atoms with Crippen LogP contribution in [0.3, 0.4) is 0 Å². The molecule has 0 aliphatic rings. The van der Waals surface area contributed by atoms with Crippen LogP contribution in [-0.4, -0.2) is 14.2 Å². The third-order valence-electron chi connectivity index (χ3n) is 2.78. The molecule has 0 saturated carbocycles.